The lowest BCUT2D eigenvalue weighted by Crippen LogP contribution is -2.32. The van der Waals surface area contributed by atoms with Crippen molar-refractivity contribution in [2.45, 2.75) is 11.3 Å². The van der Waals surface area contributed by atoms with Crippen molar-refractivity contribution >= 4 is 31.9 Å². The maximum absolute atomic E-state index is 11.9. The fourth-order valence-corrected chi connectivity index (χ4v) is 2.75. The van der Waals surface area contributed by atoms with Gasteiger partial charge in [0.15, 0.2) is 0 Å². The minimum Gasteiger partial charge on any atom is -0.481 e. The summed E-state index contributed by atoms with van der Waals surface area (Å²) in [6.45, 7) is -0.518. The van der Waals surface area contributed by atoms with E-state index in [1.165, 1.54) is 12.1 Å². The summed E-state index contributed by atoms with van der Waals surface area (Å²) < 4.78 is 26.8. The van der Waals surface area contributed by atoms with Gasteiger partial charge in [0, 0.05) is 23.5 Å². The van der Waals surface area contributed by atoms with Gasteiger partial charge in [0.05, 0.1) is 11.3 Å². The molecule has 0 saturated carbocycles. The summed E-state index contributed by atoms with van der Waals surface area (Å²) in [5.41, 5.74) is 0. The Kier molecular flexibility index (Phi) is 5.92. The van der Waals surface area contributed by atoms with Crippen LogP contribution in [0.25, 0.3) is 0 Å². The number of carboxylic acid groups (broad SMARTS) is 1. The Labute approximate surface area is 119 Å². The van der Waals surface area contributed by atoms with Crippen molar-refractivity contribution in [2.75, 3.05) is 13.2 Å². The molecule has 19 heavy (non-hydrogen) atoms. The lowest BCUT2D eigenvalue weighted by molar-refractivity contribution is -0.138. The third kappa shape index (κ3) is 5.27. The number of carboxylic acids is 1. The van der Waals surface area contributed by atoms with Gasteiger partial charge in [-0.15, -0.1) is 0 Å². The zero-order valence-corrected chi connectivity index (χ0v) is 12.3. The van der Waals surface area contributed by atoms with Crippen molar-refractivity contribution in [1.82, 2.24) is 4.72 Å². The van der Waals surface area contributed by atoms with E-state index in [4.69, 9.17) is 10.2 Å². The Hall–Kier alpha value is -0.960. The number of hydrogen-bond donors (Lipinski definition) is 3. The Morgan fingerprint density at radius 2 is 1.89 bits per heavy atom. The molecule has 106 valence electrons. The van der Waals surface area contributed by atoms with Crippen LogP contribution in [-0.4, -0.2) is 37.8 Å². The van der Waals surface area contributed by atoms with Crippen LogP contribution in [0.15, 0.2) is 33.6 Å². The molecule has 0 aliphatic carbocycles. The fraction of sp³-hybridized carbons (Fsp3) is 0.364. The van der Waals surface area contributed by atoms with Gasteiger partial charge in [-0.2, -0.15) is 0 Å². The molecule has 1 atom stereocenters. The van der Waals surface area contributed by atoms with Crippen LogP contribution in [0.3, 0.4) is 0 Å². The third-order valence-corrected chi connectivity index (χ3v) is 4.38. The van der Waals surface area contributed by atoms with E-state index in [0.717, 1.165) is 4.47 Å². The standard InChI is InChI=1S/C11H14BrNO5S/c12-9-1-3-10(4-2-9)19(17,18)13-6-8(7-14)5-11(15)16/h1-4,8,13-14H,5-7H2,(H,15,16). The highest BCUT2D eigenvalue weighted by atomic mass is 79.9. The lowest BCUT2D eigenvalue weighted by atomic mass is 10.1. The molecule has 0 saturated heterocycles. The number of halogens is 1. The van der Waals surface area contributed by atoms with Crippen LogP contribution in [0.2, 0.25) is 0 Å². The molecule has 0 fully saturated rings. The summed E-state index contributed by atoms with van der Waals surface area (Å²) in [4.78, 5) is 10.6. The van der Waals surface area contributed by atoms with Crippen molar-refractivity contribution in [1.29, 1.82) is 0 Å². The first kappa shape index (κ1) is 16.1. The smallest absolute Gasteiger partial charge is 0.303 e. The number of benzene rings is 1. The summed E-state index contributed by atoms with van der Waals surface area (Å²) in [7, 11) is -3.69. The normalized spacial score (nSPS) is 13.2. The van der Waals surface area contributed by atoms with E-state index in [1.807, 2.05) is 0 Å². The van der Waals surface area contributed by atoms with Gasteiger partial charge in [0.25, 0.3) is 0 Å². The van der Waals surface area contributed by atoms with Gasteiger partial charge in [-0.3, -0.25) is 4.79 Å². The molecule has 0 radical (unpaired) electrons. The number of nitrogens with one attached hydrogen (secondary N) is 1. The van der Waals surface area contributed by atoms with E-state index in [9.17, 15) is 13.2 Å². The second-order valence-electron chi connectivity index (χ2n) is 3.95. The summed E-state index contributed by atoms with van der Waals surface area (Å²) >= 11 is 3.20. The van der Waals surface area contributed by atoms with Crippen LogP contribution in [-0.2, 0) is 14.8 Å². The number of rotatable bonds is 7. The van der Waals surface area contributed by atoms with E-state index in [0.29, 0.717) is 0 Å². The number of carbonyl (C=O) groups is 1. The van der Waals surface area contributed by atoms with Gasteiger partial charge >= 0.3 is 5.97 Å². The highest BCUT2D eigenvalue weighted by molar-refractivity contribution is 9.10. The minimum atomic E-state index is -3.69. The van der Waals surface area contributed by atoms with Gasteiger partial charge in [0.2, 0.25) is 10.0 Å². The van der Waals surface area contributed by atoms with Crippen molar-refractivity contribution in [3.8, 4) is 0 Å². The first-order chi connectivity index (χ1) is 8.85. The maximum atomic E-state index is 11.9. The van der Waals surface area contributed by atoms with Gasteiger partial charge in [0.1, 0.15) is 0 Å². The Morgan fingerprint density at radius 1 is 1.32 bits per heavy atom. The Balaban J connectivity index is 2.69. The van der Waals surface area contributed by atoms with Gasteiger partial charge in [-0.05, 0) is 24.3 Å². The maximum Gasteiger partial charge on any atom is 0.303 e. The quantitative estimate of drug-likeness (QED) is 0.674. The SMILES string of the molecule is O=C(O)CC(CO)CNS(=O)(=O)c1ccc(Br)cc1. The van der Waals surface area contributed by atoms with E-state index >= 15 is 0 Å². The number of hydrogen-bond acceptors (Lipinski definition) is 4. The first-order valence-electron chi connectivity index (χ1n) is 5.43. The molecule has 0 amide bonds. The molecular formula is C11H14BrNO5S. The van der Waals surface area contributed by atoms with Crippen molar-refractivity contribution in [3.05, 3.63) is 28.7 Å². The lowest BCUT2D eigenvalue weighted by Gasteiger charge is -2.13. The zero-order chi connectivity index (χ0) is 14.5. The molecule has 0 bridgehead atoms. The number of aliphatic carboxylic acids is 1. The fourth-order valence-electron chi connectivity index (χ4n) is 1.37. The van der Waals surface area contributed by atoms with Crippen molar-refractivity contribution in [2.24, 2.45) is 5.92 Å². The molecule has 1 unspecified atom stereocenters. The molecule has 3 N–H and O–H groups in total. The molecule has 1 rings (SSSR count). The topological polar surface area (TPSA) is 104 Å². The van der Waals surface area contributed by atoms with Crippen LogP contribution < -0.4 is 4.72 Å². The second kappa shape index (κ2) is 6.99. The van der Waals surface area contributed by atoms with Crippen molar-refractivity contribution in [3.63, 3.8) is 0 Å². The highest BCUT2D eigenvalue weighted by Crippen LogP contribution is 2.14. The number of aliphatic hydroxyl groups is 1. The van der Waals surface area contributed by atoms with Crippen LogP contribution in [0.5, 0.6) is 0 Å². The predicted molar refractivity (Wildman–Crippen MR) is 72.2 cm³/mol. The summed E-state index contributed by atoms with van der Waals surface area (Å²) in [5, 5.41) is 17.6. The van der Waals surface area contributed by atoms with Gasteiger partial charge in [-0.25, -0.2) is 13.1 Å². The van der Waals surface area contributed by atoms with Crippen LogP contribution in [0, 0.1) is 5.92 Å². The summed E-state index contributed by atoms with van der Waals surface area (Å²) in [5.74, 6) is -1.73. The summed E-state index contributed by atoms with van der Waals surface area (Å²) in [6.07, 6.45) is -0.292. The first-order valence-corrected chi connectivity index (χ1v) is 7.70. The predicted octanol–water partition coefficient (Wildman–Crippen LogP) is 0.811. The molecule has 0 heterocycles. The number of aliphatic hydroxyl groups excluding tert-OH is 1. The molecular weight excluding hydrogens is 338 g/mol. The Morgan fingerprint density at radius 3 is 2.37 bits per heavy atom. The highest BCUT2D eigenvalue weighted by Gasteiger charge is 2.18. The third-order valence-electron chi connectivity index (χ3n) is 2.41. The molecule has 0 spiro atoms. The van der Waals surface area contributed by atoms with Crippen LogP contribution in [0.1, 0.15) is 6.42 Å². The largest absolute Gasteiger partial charge is 0.481 e. The van der Waals surface area contributed by atoms with Gasteiger partial charge in [-0.1, -0.05) is 15.9 Å². The zero-order valence-electron chi connectivity index (χ0n) is 9.91. The molecule has 0 aliphatic rings. The molecule has 8 heteroatoms. The molecule has 0 aromatic heterocycles. The van der Waals surface area contributed by atoms with Gasteiger partial charge < -0.3 is 10.2 Å². The average Bonchev–Trinajstić information content (AvgIpc) is 2.34. The second-order valence-corrected chi connectivity index (χ2v) is 6.63. The van der Waals surface area contributed by atoms with E-state index in [2.05, 4.69) is 20.7 Å². The Bertz CT molecular complexity index is 529. The van der Waals surface area contributed by atoms with Crippen LogP contribution >= 0.6 is 15.9 Å². The molecule has 6 nitrogen and oxygen atoms in total. The monoisotopic (exact) mass is 351 g/mol. The molecule has 0 aliphatic heterocycles. The molecule has 1 aromatic carbocycles. The summed E-state index contributed by atoms with van der Waals surface area (Å²) in [6, 6.07) is 6.04. The van der Waals surface area contributed by atoms with E-state index in [-0.39, 0.29) is 17.9 Å². The molecule has 1 aromatic rings. The van der Waals surface area contributed by atoms with Crippen molar-refractivity contribution < 1.29 is 23.4 Å². The van der Waals surface area contributed by atoms with E-state index in [1.54, 1.807) is 12.1 Å². The van der Waals surface area contributed by atoms with E-state index < -0.39 is 28.5 Å². The minimum absolute atomic E-state index is 0.0858. The van der Waals surface area contributed by atoms with Crippen LogP contribution in [0.4, 0.5) is 0 Å². The average molecular weight is 352 g/mol. The number of sulfonamides is 1.